The van der Waals surface area contributed by atoms with E-state index < -0.39 is 12.1 Å². The molecular weight excluding hydrogens is 288 g/mol. The first-order valence-electron chi connectivity index (χ1n) is 7.68. The van der Waals surface area contributed by atoms with Crippen LogP contribution in [-0.2, 0) is 19.0 Å². The summed E-state index contributed by atoms with van der Waals surface area (Å²) in [6.07, 6.45) is 3.42. The Morgan fingerprint density at radius 2 is 2.09 bits per heavy atom. The summed E-state index contributed by atoms with van der Waals surface area (Å²) in [5, 5.41) is 18.4. The third-order valence-electron chi connectivity index (χ3n) is 4.70. The van der Waals surface area contributed by atoms with Crippen molar-refractivity contribution in [3.8, 4) is 0 Å². The lowest BCUT2D eigenvalue weighted by molar-refractivity contribution is -0.156. The number of ether oxygens (including phenoxy) is 3. The molecule has 2 aliphatic heterocycles. The molecule has 0 radical (unpaired) electrons. The van der Waals surface area contributed by atoms with Crippen LogP contribution in [0.3, 0.4) is 0 Å². The summed E-state index contributed by atoms with van der Waals surface area (Å²) in [7, 11) is 2.86. The van der Waals surface area contributed by atoms with E-state index in [2.05, 4.69) is 21.0 Å². The van der Waals surface area contributed by atoms with Crippen LogP contribution < -0.4 is 0 Å². The normalized spacial score (nSPS) is 37.6. The third-order valence-corrected chi connectivity index (χ3v) is 4.70. The minimum Gasteiger partial charge on any atom is -0.467 e. The molecule has 7 heteroatoms. The smallest absolute Gasteiger partial charge is 0.334 e. The number of aliphatic hydroxyl groups is 1. The number of azo groups is 1. The minimum absolute atomic E-state index is 0.0888. The van der Waals surface area contributed by atoms with Gasteiger partial charge in [-0.25, -0.2) is 4.79 Å². The molecule has 2 heterocycles. The van der Waals surface area contributed by atoms with Crippen LogP contribution in [0.25, 0.3) is 0 Å². The van der Waals surface area contributed by atoms with Gasteiger partial charge in [0.2, 0.25) is 0 Å². The Hall–Kier alpha value is -1.31. The highest BCUT2D eigenvalue weighted by molar-refractivity contribution is 5.74. The summed E-state index contributed by atoms with van der Waals surface area (Å²) in [6.45, 7) is 0. The number of rotatable bonds is 5. The van der Waals surface area contributed by atoms with Gasteiger partial charge in [0.15, 0.2) is 12.4 Å². The molecule has 122 valence electrons. The molecule has 1 aliphatic carbocycles. The van der Waals surface area contributed by atoms with E-state index in [4.69, 9.17) is 9.47 Å². The van der Waals surface area contributed by atoms with E-state index in [1.165, 1.54) is 12.7 Å². The molecule has 1 saturated heterocycles. The molecule has 0 aromatic heterocycles. The van der Waals surface area contributed by atoms with Crippen LogP contribution in [0.5, 0.6) is 0 Å². The van der Waals surface area contributed by atoms with Crippen molar-refractivity contribution in [3.63, 3.8) is 0 Å². The highest BCUT2D eigenvalue weighted by atomic mass is 16.7. The van der Waals surface area contributed by atoms with Gasteiger partial charge >= 0.3 is 5.97 Å². The minimum atomic E-state index is -1.18. The number of esters is 1. The zero-order valence-electron chi connectivity index (χ0n) is 12.8. The van der Waals surface area contributed by atoms with Gasteiger partial charge in [0, 0.05) is 25.9 Å². The largest absolute Gasteiger partial charge is 0.467 e. The number of hydrogen-bond acceptors (Lipinski definition) is 7. The number of carbonyl (C=O) groups excluding carboxylic acids is 1. The highest BCUT2D eigenvalue weighted by Gasteiger charge is 2.41. The van der Waals surface area contributed by atoms with Crippen molar-refractivity contribution in [1.29, 1.82) is 0 Å². The molecule has 3 aliphatic rings. The number of hydrogen-bond donors (Lipinski definition) is 1. The molecule has 22 heavy (non-hydrogen) atoms. The van der Waals surface area contributed by atoms with Crippen LogP contribution in [0.15, 0.2) is 21.9 Å². The quantitative estimate of drug-likeness (QED) is 0.609. The van der Waals surface area contributed by atoms with E-state index in [0.717, 1.165) is 12.8 Å². The average Bonchev–Trinajstić information content (AvgIpc) is 3.22. The lowest BCUT2D eigenvalue weighted by atomic mass is 9.92. The van der Waals surface area contributed by atoms with Crippen molar-refractivity contribution < 1.29 is 24.1 Å². The Bertz CT molecular complexity index is 476. The predicted molar refractivity (Wildman–Crippen MR) is 76.2 cm³/mol. The number of nitrogens with zero attached hydrogens (tertiary/aromatic N) is 2. The summed E-state index contributed by atoms with van der Waals surface area (Å²) < 4.78 is 15.6. The Kier molecular flexibility index (Phi) is 4.56. The number of carbonyl (C=O) groups is 1. The van der Waals surface area contributed by atoms with E-state index in [9.17, 15) is 9.90 Å². The molecule has 0 spiro atoms. The molecule has 6 atom stereocenters. The summed E-state index contributed by atoms with van der Waals surface area (Å²) in [4.78, 5) is 11.4. The molecule has 0 aromatic carbocycles. The van der Waals surface area contributed by atoms with Crippen LogP contribution in [0.1, 0.15) is 25.7 Å². The van der Waals surface area contributed by atoms with Gasteiger partial charge in [0.25, 0.3) is 0 Å². The maximum atomic E-state index is 11.4. The molecular formula is C15H22N2O5. The second-order valence-corrected chi connectivity index (χ2v) is 6.02. The number of fused-ring (bicyclic) bond motifs is 2. The average molecular weight is 310 g/mol. The first-order valence-corrected chi connectivity index (χ1v) is 7.68. The summed E-state index contributed by atoms with van der Waals surface area (Å²) in [6, 6.07) is 0.413. The van der Waals surface area contributed by atoms with Gasteiger partial charge in [-0.2, -0.15) is 10.2 Å². The van der Waals surface area contributed by atoms with Gasteiger partial charge in [-0.15, -0.1) is 0 Å². The first kappa shape index (κ1) is 15.6. The number of methoxy groups -OCH3 is 2. The fraction of sp³-hybridized carbons (Fsp3) is 0.800. The van der Waals surface area contributed by atoms with E-state index in [1.54, 1.807) is 7.11 Å². The summed E-state index contributed by atoms with van der Waals surface area (Å²) in [5.41, 5.74) is 1.25. The first-order chi connectivity index (χ1) is 10.6. The maximum Gasteiger partial charge on any atom is 0.334 e. The van der Waals surface area contributed by atoms with Gasteiger partial charge in [0.05, 0.1) is 25.3 Å². The summed E-state index contributed by atoms with van der Waals surface area (Å²) >= 11 is 0. The molecule has 3 rings (SSSR count). The lowest BCUT2D eigenvalue weighted by Crippen LogP contribution is -2.30. The second-order valence-electron chi connectivity index (χ2n) is 6.02. The zero-order valence-corrected chi connectivity index (χ0v) is 12.8. The van der Waals surface area contributed by atoms with Gasteiger partial charge in [-0.1, -0.05) is 6.08 Å². The molecule has 1 N–H and O–H groups in total. The Morgan fingerprint density at radius 1 is 1.41 bits per heavy atom. The van der Waals surface area contributed by atoms with Gasteiger partial charge in [-0.3, -0.25) is 0 Å². The van der Waals surface area contributed by atoms with E-state index >= 15 is 0 Å². The highest BCUT2D eigenvalue weighted by Crippen LogP contribution is 2.40. The fourth-order valence-electron chi connectivity index (χ4n) is 3.49. The summed E-state index contributed by atoms with van der Waals surface area (Å²) in [5.74, 6) is -0.548. The topological polar surface area (TPSA) is 89.7 Å². The van der Waals surface area contributed by atoms with Crippen LogP contribution in [0, 0.1) is 5.92 Å². The third kappa shape index (κ3) is 2.93. The fourth-order valence-corrected chi connectivity index (χ4v) is 3.49. The van der Waals surface area contributed by atoms with Crippen molar-refractivity contribution in [2.75, 3.05) is 14.2 Å². The Labute approximate surface area is 129 Å². The van der Waals surface area contributed by atoms with Crippen molar-refractivity contribution in [1.82, 2.24) is 0 Å². The zero-order chi connectivity index (χ0) is 15.7. The predicted octanol–water partition coefficient (Wildman–Crippen LogP) is 1.21. The molecule has 7 nitrogen and oxygen atoms in total. The van der Waals surface area contributed by atoms with Crippen LogP contribution in [-0.4, -0.2) is 55.9 Å². The molecule has 2 bridgehead atoms. The number of aliphatic hydroxyl groups excluding tert-OH is 1. The van der Waals surface area contributed by atoms with Crippen molar-refractivity contribution in [2.24, 2.45) is 16.1 Å². The SMILES string of the molecule is COC(=O)C(O)C[C@H]1OC(OC)C[C@H]1C=C1C2CCC1N=N2. The van der Waals surface area contributed by atoms with Crippen LogP contribution in [0.4, 0.5) is 0 Å². The van der Waals surface area contributed by atoms with Crippen molar-refractivity contribution in [3.05, 3.63) is 11.6 Å². The lowest BCUT2D eigenvalue weighted by Gasteiger charge is -2.19. The van der Waals surface area contributed by atoms with Gasteiger partial charge < -0.3 is 19.3 Å². The maximum absolute atomic E-state index is 11.4. The molecule has 4 unspecified atom stereocenters. The second kappa shape index (κ2) is 6.44. The van der Waals surface area contributed by atoms with Gasteiger partial charge in [-0.05, 0) is 18.4 Å². The van der Waals surface area contributed by atoms with Crippen LogP contribution in [0.2, 0.25) is 0 Å². The van der Waals surface area contributed by atoms with Crippen molar-refractivity contribution in [2.45, 2.75) is 56.3 Å². The van der Waals surface area contributed by atoms with Crippen molar-refractivity contribution >= 4 is 5.97 Å². The van der Waals surface area contributed by atoms with Gasteiger partial charge in [0.1, 0.15) is 0 Å². The monoisotopic (exact) mass is 310 g/mol. The molecule has 0 amide bonds. The Morgan fingerprint density at radius 3 is 2.64 bits per heavy atom. The van der Waals surface area contributed by atoms with E-state index in [0.29, 0.717) is 6.42 Å². The molecule has 0 aromatic rings. The van der Waals surface area contributed by atoms with E-state index in [-0.39, 0.29) is 36.8 Å². The molecule has 1 saturated carbocycles. The van der Waals surface area contributed by atoms with E-state index in [1.807, 2.05) is 0 Å². The van der Waals surface area contributed by atoms with Crippen LogP contribution >= 0.6 is 0 Å². The Balaban J connectivity index is 1.70. The standard InChI is InChI=1S/C15H22N2O5/c1-20-14-6-8(5-9-10-3-4-11(9)17-16-10)13(22-14)7-12(18)15(19)21-2/h5,8,10-14,18H,3-4,6-7H2,1-2H3/t8-,10?,11?,12?,13-,14?/m1/s1. The molecule has 2 fully saturated rings.